The lowest BCUT2D eigenvalue weighted by molar-refractivity contribution is -0.140. The van der Waals surface area contributed by atoms with E-state index in [2.05, 4.69) is 4.18 Å². The molecular formula is C19H31NO4S. The van der Waals surface area contributed by atoms with Gasteiger partial charge in [-0.2, -0.15) is 8.42 Å². The van der Waals surface area contributed by atoms with Gasteiger partial charge in [-0.15, -0.1) is 0 Å². The molecular weight excluding hydrogens is 338 g/mol. The van der Waals surface area contributed by atoms with Gasteiger partial charge in [0.05, 0.1) is 12.9 Å². The Morgan fingerprint density at radius 3 is 2.04 bits per heavy atom. The van der Waals surface area contributed by atoms with Gasteiger partial charge in [0, 0.05) is 19.5 Å². The zero-order valence-electron chi connectivity index (χ0n) is 15.3. The predicted molar refractivity (Wildman–Crippen MR) is 95.3 cm³/mol. The van der Waals surface area contributed by atoms with Crippen LogP contribution in [0.2, 0.25) is 0 Å². The molecule has 1 saturated heterocycles. The highest BCUT2D eigenvalue weighted by Gasteiger charge is 2.51. The summed E-state index contributed by atoms with van der Waals surface area (Å²) in [5, 5.41) is 0. The molecule has 0 N–H and O–H groups in total. The number of likely N-dealkylation sites (tertiary alicyclic amines) is 1. The molecule has 142 valence electrons. The van der Waals surface area contributed by atoms with Crippen molar-refractivity contribution in [3.63, 3.8) is 0 Å². The molecule has 1 heterocycles. The molecule has 5 nitrogen and oxygen atoms in total. The van der Waals surface area contributed by atoms with Crippen LogP contribution in [0.4, 0.5) is 0 Å². The first kappa shape index (κ1) is 17.8. The lowest BCUT2D eigenvalue weighted by Gasteiger charge is -2.57. The fraction of sp³-hybridized carbons (Fsp3) is 0.947. The van der Waals surface area contributed by atoms with E-state index in [1.165, 1.54) is 45.6 Å². The van der Waals surface area contributed by atoms with Gasteiger partial charge in [-0.05, 0) is 80.5 Å². The first-order chi connectivity index (χ1) is 11.9. The van der Waals surface area contributed by atoms with Gasteiger partial charge in [0.15, 0.2) is 0 Å². The molecule has 4 saturated carbocycles. The molecule has 0 spiro atoms. The van der Waals surface area contributed by atoms with E-state index in [0.717, 1.165) is 37.0 Å². The van der Waals surface area contributed by atoms with Crippen LogP contribution in [0.3, 0.4) is 0 Å². The Morgan fingerprint density at radius 2 is 1.56 bits per heavy atom. The van der Waals surface area contributed by atoms with Crippen molar-refractivity contribution in [3.8, 4) is 0 Å². The molecule has 0 aromatic rings. The molecule has 0 aromatic heterocycles. The zero-order valence-corrected chi connectivity index (χ0v) is 16.1. The molecule has 0 unspecified atom stereocenters. The number of hydrogen-bond donors (Lipinski definition) is 0. The van der Waals surface area contributed by atoms with Gasteiger partial charge in [0.1, 0.15) is 0 Å². The van der Waals surface area contributed by atoms with E-state index in [1.54, 1.807) is 0 Å². The van der Waals surface area contributed by atoms with E-state index in [9.17, 15) is 13.2 Å². The fourth-order valence-corrected chi connectivity index (χ4v) is 7.69. The second kappa shape index (κ2) is 6.52. The van der Waals surface area contributed by atoms with Crippen LogP contribution in [0.1, 0.15) is 57.8 Å². The summed E-state index contributed by atoms with van der Waals surface area (Å²) in [6.45, 7) is 1.41. The number of carbonyl (C=O) groups excluding carboxylic acids is 1. The maximum absolute atomic E-state index is 12.9. The van der Waals surface area contributed by atoms with Crippen LogP contribution in [0.25, 0.3) is 0 Å². The van der Waals surface area contributed by atoms with E-state index in [4.69, 9.17) is 0 Å². The summed E-state index contributed by atoms with van der Waals surface area (Å²) in [5.74, 6) is 3.15. The standard InChI is InChI=1S/C19H31NO4S/c1-24-25(22,23)13-14-2-4-20(5-3-14)18(21)12-19-9-15-6-16(10-19)8-17(7-15)11-19/h14-17H,2-13H2,1H3. The maximum atomic E-state index is 12.9. The van der Waals surface area contributed by atoms with Crippen LogP contribution in [0, 0.1) is 29.1 Å². The maximum Gasteiger partial charge on any atom is 0.267 e. The Kier molecular flexibility index (Phi) is 4.64. The van der Waals surface area contributed by atoms with Gasteiger partial charge in [-0.25, -0.2) is 0 Å². The van der Waals surface area contributed by atoms with Gasteiger partial charge >= 0.3 is 0 Å². The molecule has 1 amide bonds. The number of rotatable bonds is 5. The van der Waals surface area contributed by atoms with Crippen molar-refractivity contribution in [3.05, 3.63) is 0 Å². The summed E-state index contributed by atoms with van der Waals surface area (Å²) in [6.07, 6.45) is 10.3. The Bertz CT molecular complexity index is 586. The van der Waals surface area contributed by atoms with Crippen LogP contribution in [0.15, 0.2) is 0 Å². The third-order valence-corrected chi connectivity index (χ3v) is 8.74. The van der Waals surface area contributed by atoms with E-state index >= 15 is 0 Å². The van der Waals surface area contributed by atoms with Gasteiger partial charge in [0.25, 0.3) is 10.1 Å². The third-order valence-electron chi connectivity index (χ3n) is 7.35. The number of carbonyl (C=O) groups is 1. The summed E-state index contributed by atoms with van der Waals surface area (Å²) in [6, 6.07) is 0. The smallest absolute Gasteiger partial charge is 0.267 e. The first-order valence-corrected chi connectivity index (χ1v) is 11.5. The van der Waals surface area contributed by atoms with Crippen molar-refractivity contribution in [2.45, 2.75) is 57.8 Å². The topological polar surface area (TPSA) is 63.7 Å². The SMILES string of the molecule is COS(=O)(=O)CC1CCN(C(=O)CC23CC4CC(CC(C4)C2)C3)CC1. The molecule has 5 aliphatic rings. The van der Waals surface area contributed by atoms with Crippen LogP contribution in [0.5, 0.6) is 0 Å². The summed E-state index contributed by atoms with van der Waals surface area (Å²) in [5.41, 5.74) is 0.294. The van der Waals surface area contributed by atoms with Crippen molar-refractivity contribution in [2.24, 2.45) is 29.1 Å². The minimum atomic E-state index is -3.40. The van der Waals surface area contributed by atoms with Crippen LogP contribution >= 0.6 is 0 Å². The average molecular weight is 370 g/mol. The summed E-state index contributed by atoms with van der Waals surface area (Å²) in [7, 11) is -2.17. The van der Waals surface area contributed by atoms with Crippen molar-refractivity contribution >= 4 is 16.0 Å². The molecule has 0 radical (unpaired) electrons. The Labute approximate surface area is 151 Å². The molecule has 25 heavy (non-hydrogen) atoms. The second-order valence-corrected chi connectivity index (χ2v) is 11.1. The average Bonchev–Trinajstić information content (AvgIpc) is 2.53. The molecule has 1 aliphatic heterocycles. The van der Waals surface area contributed by atoms with E-state index in [0.29, 0.717) is 24.4 Å². The number of nitrogens with zero attached hydrogens (tertiary/aromatic N) is 1. The number of piperidine rings is 1. The van der Waals surface area contributed by atoms with Gasteiger partial charge < -0.3 is 4.90 Å². The number of amides is 1. The lowest BCUT2D eigenvalue weighted by atomic mass is 9.49. The molecule has 5 fully saturated rings. The third kappa shape index (κ3) is 3.75. The monoisotopic (exact) mass is 369 g/mol. The predicted octanol–water partition coefficient (Wildman–Crippen LogP) is 2.81. The van der Waals surface area contributed by atoms with Crippen LogP contribution < -0.4 is 0 Å². The summed E-state index contributed by atoms with van der Waals surface area (Å²) >= 11 is 0. The largest absolute Gasteiger partial charge is 0.343 e. The zero-order chi connectivity index (χ0) is 17.7. The molecule has 5 rings (SSSR count). The minimum absolute atomic E-state index is 0.0838. The van der Waals surface area contributed by atoms with Crippen LogP contribution in [-0.2, 0) is 19.1 Å². The normalized spacial score (nSPS) is 38.3. The highest BCUT2D eigenvalue weighted by atomic mass is 32.2. The first-order valence-electron chi connectivity index (χ1n) is 9.92. The van der Waals surface area contributed by atoms with E-state index in [1.807, 2.05) is 4.90 Å². The van der Waals surface area contributed by atoms with E-state index in [-0.39, 0.29) is 11.7 Å². The Hall–Kier alpha value is -0.620. The molecule has 4 aliphatic carbocycles. The van der Waals surface area contributed by atoms with Crippen LogP contribution in [-0.4, -0.2) is 45.2 Å². The van der Waals surface area contributed by atoms with Gasteiger partial charge in [0.2, 0.25) is 5.91 Å². The quantitative estimate of drug-likeness (QED) is 0.699. The molecule has 6 heteroatoms. The highest BCUT2D eigenvalue weighted by molar-refractivity contribution is 7.86. The fourth-order valence-electron chi connectivity index (χ4n) is 6.64. The van der Waals surface area contributed by atoms with E-state index < -0.39 is 10.1 Å². The Balaban J connectivity index is 1.31. The molecule has 4 bridgehead atoms. The van der Waals surface area contributed by atoms with Crippen molar-refractivity contribution < 1.29 is 17.4 Å². The van der Waals surface area contributed by atoms with Crippen molar-refractivity contribution in [1.82, 2.24) is 4.90 Å². The Morgan fingerprint density at radius 1 is 1.04 bits per heavy atom. The number of hydrogen-bond acceptors (Lipinski definition) is 4. The summed E-state index contributed by atoms with van der Waals surface area (Å²) in [4.78, 5) is 14.9. The van der Waals surface area contributed by atoms with Gasteiger partial charge in [-0.3, -0.25) is 8.98 Å². The minimum Gasteiger partial charge on any atom is -0.343 e. The highest BCUT2D eigenvalue weighted by Crippen LogP contribution is 2.61. The molecule has 0 aromatic carbocycles. The molecule has 0 atom stereocenters. The lowest BCUT2D eigenvalue weighted by Crippen LogP contribution is -2.49. The second-order valence-electron chi connectivity index (χ2n) is 9.31. The van der Waals surface area contributed by atoms with Crippen molar-refractivity contribution in [2.75, 3.05) is 26.0 Å². The van der Waals surface area contributed by atoms with Gasteiger partial charge in [-0.1, -0.05) is 0 Å². The summed E-state index contributed by atoms with van der Waals surface area (Å²) < 4.78 is 27.8. The van der Waals surface area contributed by atoms with Crippen molar-refractivity contribution in [1.29, 1.82) is 0 Å².